The number of nitrogens with zero attached hydrogens (tertiary/aromatic N) is 3. The van der Waals surface area contributed by atoms with Crippen molar-refractivity contribution >= 4 is 5.82 Å². The molecule has 0 spiro atoms. The maximum atomic E-state index is 5.63. The smallest absolute Gasteiger partial charge is 0.144 e. The molecule has 2 N–H and O–H groups in total. The molecular formula is C12H20N4O. The fraction of sp³-hybridized carbons (Fsp3) is 0.667. The van der Waals surface area contributed by atoms with Crippen LogP contribution in [0.25, 0.3) is 0 Å². The van der Waals surface area contributed by atoms with Gasteiger partial charge in [-0.3, -0.25) is 4.90 Å². The zero-order chi connectivity index (χ0) is 12.1. The molecule has 5 nitrogen and oxygen atoms in total. The highest BCUT2D eigenvalue weighted by molar-refractivity contribution is 5.24. The lowest BCUT2D eigenvalue weighted by Gasteiger charge is -2.26. The normalized spacial score (nSPS) is 17.5. The number of rotatable bonds is 4. The summed E-state index contributed by atoms with van der Waals surface area (Å²) in [5, 5.41) is 0. The van der Waals surface area contributed by atoms with E-state index in [1.54, 1.807) is 12.3 Å². The van der Waals surface area contributed by atoms with Gasteiger partial charge in [-0.05, 0) is 31.9 Å². The Hall–Kier alpha value is -1.20. The Balaban J connectivity index is 1.82. The lowest BCUT2D eigenvalue weighted by atomic mass is 10.00. The van der Waals surface area contributed by atoms with Crippen LogP contribution in [0.5, 0.6) is 0 Å². The predicted molar refractivity (Wildman–Crippen MR) is 66.3 cm³/mol. The second-order valence-corrected chi connectivity index (χ2v) is 4.65. The summed E-state index contributed by atoms with van der Waals surface area (Å²) >= 11 is 0. The maximum absolute atomic E-state index is 5.63. The van der Waals surface area contributed by atoms with Crippen LogP contribution in [0.15, 0.2) is 12.3 Å². The van der Waals surface area contributed by atoms with Gasteiger partial charge in [0.05, 0.1) is 6.54 Å². The molecule has 1 aliphatic rings. The summed E-state index contributed by atoms with van der Waals surface area (Å²) in [6.07, 6.45) is 4.02. The first kappa shape index (κ1) is 12.3. The van der Waals surface area contributed by atoms with Gasteiger partial charge in [0, 0.05) is 26.0 Å². The molecule has 1 aliphatic heterocycles. The van der Waals surface area contributed by atoms with E-state index < -0.39 is 0 Å². The highest BCUT2D eigenvalue weighted by atomic mass is 16.5. The standard InChI is InChI=1S/C12H20N4O/c1-16(8-10-3-6-17-7-4-10)9-12-14-5-2-11(13)15-12/h2,5,10H,3-4,6-9H2,1H3,(H2,13,14,15). The summed E-state index contributed by atoms with van der Waals surface area (Å²) < 4.78 is 5.36. The molecule has 1 aromatic heterocycles. The molecule has 1 saturated heterocycles. The van der Waals surface area contributed by atoms with Gasteiger partial charge in [-0.15, -0.1) is 0 Å². The summed E-state index contributed by atoms with van der Waals surface area (Å²) in [7, 11) is 2.10. The van der Waals surface area contributed by atoms with Crippen LogP contribution in [0.1, 0.15) is 18.7 Å². The first-order valence-corrected chi connectivity index (χ1v) is 6.08. The number of ether oxygens (including phenoxy) is 1. The van der Waals surface area contributed by atoms with Crippen LogP contribution in [0.4, 0.5) is 5.82 Å². The van der Waals surface area contributed by atoms with Crippen LogP contribution in [0.2, 0.25) is 0 Å². The Labute approximate surface area is 102 Å². The van der Waals surface area contributed by atoms with Crippen LogP contribution < -0.4 is 5.73 Å². The van der Waals surface area contributed by atoms with Crippen molar-refractivity contribution in [3.05, 3.63) is 18.1 Å². The number of hydrogen-bond acceptors (Lipinski definition) is 5. The largest absolute Gasteiger partial charge is 0.384 e. The third-order valence-corrected chi connectivity index (χ3v) is 3.05. The topological polar surface area (TPSA) is 64.3 Å². The Morgan fingerprint density at radius 1 is 1.47 bits per heavy atom. The molecule has 1 aromatic rings. The predicted octanol–water partition coefficient (Wildman–Crippen LogP) is 0.917. The minimum absolute atomic E-state index is 0.537. The molecule has 2 rings (SSSR count). The van der Waals surface area contributed by atoms with Crippen LogP contribution in [0, 0.1) is 5.92 Å². The Kier molecular flexibility index (Phi) is 4.28. The van der Waals surface area contributed by atoms with Crippen molar-refractivity contribution in [1.82, 2.24) is 14.9 Å². The summed E-state index contributed by atoms with van der Waals surface area (Å²) in [4.78, 5) is 10.7. The van der Waals surface area contributed by atoms with Gasteiger partial charge in [0.1, 0.15) is 11.6 Å². The molecule has 17 heavy (non-hydrogen) atoms. The quantitative estimate of drug-likeness (QED) is 0.842. The molecule has 0 amide bonds. The molecule has 2 heterocycles. The van der Waals surface area contributed by atoms with Gasteiger partial charge in [-0.25, -0.2) is 9.97 Å². The Morgan fingerprint density at radius 3 is 2.94 bits per heavy atom. The molecule has 0 radical (unpaired) electrons. The van der Waals surface area contributed by atoms with E-state index in [4.69, 9.17) is 10.5 Å². The molecule has 5 heteroatoms. The second-order valence-electron chi connectivity index (χ2n) is 4.65. The fourth-order valence-corrected chi connectivity index (χ4v) is 2.17. The third-order valence-electron chi connectivity index (χ3n) is 3.05. The van der Waals surface area contributed by atoms with Crippen LogP contribution in [-0.2, 0) is 11.3 Å². The van der Waals surface area contributed by atoms with E-state index in [0.717, 1.165) is 50.9 Å². The number of aromatic nitrogens is 2. The van der Waals surface area contributed by atoms with E-state index in [2.05, 4.69) is 21.9 Å². The highest BCUT2D eigenvalue weighted by Crippen LogP contribution is 2.16. The average Bonchev–Trinajstić information content (AvgIpc) is 2.30. The molecule has 0 aliphatic carbocycles. The van der Waals surface area contributed by atoms with E-state index in [1.165, 1.54) is 0 Å². The monoisotopic (exact) mass is 236 g/mol. The van der Waals surface area contributed by atoms with Gasteiger partial charge in [0.2, 0.25) is 0 Å². The zero-order valence-electron chi connectivity index (χ0n) is 10.3. The summed E-state index contributed by atoms with van der Waals surface area (Å²) in [6.45, 7) is 3.62. The SMILES string of the molecule is CN(Cc1nccc(N)n1)CC1CCOCC1. The zero-order valence-corrected chi connectivity index (χ0v) is 10.3. The first-order chi connectivity index (χ1) is 8.24. The van der Waals surface area contributed by atoms with Crippen LogP contribution >= 0.6 is 0 Å². The van der Waals surface area contributed by atoms with Crippen molar-refractivity contribution < 1.29 is 4.74 Å². The van der Waals surface area contributed by atoms with Crippen molar-refractivity contribution in [3.63, 3.8) is 0 Å². The second kappa shape index (κ2) is 5.93. The van der Waals surface area contributed by atoms with Crippen molar-refractivity contribution in [1.29, 1.82) is 0 Å². The highest BCUT2D eigenvalue weighted by Gasteiger charge is 2.16. The molecule has 94 valence electrons. The fourth-order valence-electron chi connectivity index (χ4n) is 2.17. The van der Waals surface area contributed by atoms with E-state index in [9.17, 15) is 0 Å². The van der Waals surface area contributed by atoms with Crippen molar-refractivity contribution in [2.75, 3.05) is 32.5 Å². The molecule has 0 unspecified atom stereocenters. The van der Waals surface area contributed by atoms with E-state index in [1.807, 2.05) is 0 Å². The van der Waals surface area contributed by atoms with E-state index in [0.29, 0.717) is 5.82 Å². The Morgan fingerprint density at radius 2 is 2.24 bits per heavy atom. The van der Waals surface area contributed by atoms with Crippen molar-refractivity contribution in [2.45, 2.75) is 19.4 Å². The lowest BCUT2D eigenvalue weighted by Crippen LogP contribution is -2.29. The summed E-state index contributed by atoms with van der Waals surface area (Å²) in [5.74, 6) is 2.06. The molecule has 0 atom stereocenters. The first-order valence-electron chi connectivity index (χ1n) is 6.08. The van der Waals surface area contributed by atoms with Gasteiger partial charge < -0.3 is 10.5 Å². The van der Waals surface area contributed by atoms with Crippen molar-refractivity contribution in [3.8, 4) is 0 Å². The number of anilines is 1. The van der Waals surface area contributed by atoms with E-state index >= 15 is 0 Å². The molecule has 1 fully saturated rings. The molecule has 0 saturated carbocycles. The maximum Gasteiger partial charge on any atom is 0.144 e. The molecular weight excluding hydrogens is 216 g/mol. The number of nitrogens with two attached hydrogens (primary N) is 1. The lowest BCUT2D eigenvalue weighted by molar-refractivity contribution is 0.0547. The minimum Gasteiger partial charge on any atom is -0.384 e. The Bertz CT molecular complexity index is 352. The summed E-state index contributed by atoms with van der Waals surface area (Å²) in [5.41, 5.74) is 5.63. The van der Waals surface area contributed by atoms with Gasteiger partial charge in [0.15, 0.2) is 0 Å². The molecule has 0 aromatic carbocycles. The molecule has 0 bridgehead atoms. The number of hydrogen-bond donors (Lipinski definition) is 1. The number of nitrogen functional groups attached to an aromatic ring is 1. The van der Waals surface area contributed by atoms with Crippen LogP contribution in [0.3, 0.4) is 0 Å². The van der Waals surface area contributed by atoms with Gasteiger partial charge in [0.25, 0.3) is 0 Å². The van der Waals surface area contributed by atoms with Gasteiger partial charge >= 0.3 is 0 Å². The van der Waals surface area contributed by atoms with Gasteiger partial charge in [-0.2, -0.15) is 0 Å². The van der Waals surface area contributed by atoms with E-state index in [-0.39, 0.29) is 0 Å². The minimum atomic E-state index is 0.537. The summed E-state index contributed by atoms with van der Waals surface area (Å²) in [6, 6.07) is 1.71. The van der Waals surface area contributed by atoms with Crippen molar-refractivity contribution in [2.24, 2.45) is 5.92 Å². The third kappa shape index (κ3) is 3.94. The van der Waals surface area contributed by atoms with Crippen LogP contribution in [-0.4, -0.2) is 41.7 Å². The average molecular weight is 236 g/mol. The van der Waals surface area contributed by atoms with Gasteiger partial charge in [-0.1, -0.05) is 0 Å².